The summed E-state index contributed by atoms with van der Waals surface area (Å²) >= 11 is 0. The molecule has 182 valence electrons. The number of hydrogen-bond donors (Lipinski definition) is 1. The Bertz CT molecular complexity index is 1590. The first-order chi connectivity index (χ1) is 17.6. The van der Waals surface area contributed by atoms with Crippen molar-refractivity contribution in [1.29, 1.82) is 0 Å². The van der Waals surface area contributed by atoms with Gasteiger partial charge in [0.1, 0.15) is 0 Å². The molecule has 1 aliphatic heterocycles. The van der Waals surface area contributed by atoms with E-state index in [0.29, 0.717) is 47.0 Å². The van der Waals surface area contributed by atoms with E-state index in [4.69, 9.17) is 9.47 Å². The number of ether oxygens (including phenoxy) is 2. The van der Waals surface area contributed by atoms with Gasteiger partial charge in [0.25, 0.3) is 11.5 Å². The maximum absolute atomic E-state index is 13.5. The fraction of sp³-hybridized carbons (Fsp3) is 0.250. The molecule has 1 saturated carbocycles. The van der Waals surface area contributed by atoms with Gasteiger partial charge < -0.3 is 14.8 Å². The summed E-state index contributed by atoms with van der Waals surface area (Å²) in [6, 6.07) is 19.9. The van der Waals surface area contributed by atoms with E-state index in [1.165, 1.54) is 4.57 Å². The summed E-state index contributed by atoms with van der Waals surface area (Å²) in [6.07, 6.45) is 2.15. The molecule has 8 nitrogen and oxygen atoms in total. The molecule has 1 aromatic heterocycles. The number of amides is 1. The Kier molecular flexibility index (Phi) is 5.56. The van der Waals surface area contributed by atoms with Crippen LogP contribution in [0.5, 0.6) is 11.5 Å². The van der Waals surface area contributed by atoms with Crippen LogP contribution >= 0.6 is 0 Å². The normalized spacial score (nSPS) is 14.2. The molecule has 1 amide bonds. The molecule has 1 N–H and O–H groups in total. The Morgan fingerprint density at radius 3 is 2.50 bits per heavy atom. The van der Waals surface area contributed by atoms with Gasteiger partial charge in [-0.15, -0.1) is 0 Å². The largest absolute Gasteiger partial charge is 0.454 e. The zero-order chi connectivity index (χ0) is 24.6. The average Bonchev–Trinajstić information content (AvgIpc) is 3.61. The molecule has 6 rings (SSSR count). The number of aromatic nitrogens is 2. The van der Waals surface area contributed by atoms with Crippen molar-refractivity contribution >= 4 is 16.8 Å². The molecule has 0 radical (unpaired) electrons. The highest BCUT2D eigenvalue weighted by molar-refractivity contribution is 5.97. The Hall–Kier alpha value is -4.33. The second kappa shape index (κ2) is 9.03. The molecule has 8 heteroatoms. The monoisotopic (exact) mass is 483 g/mol. The minimum absolute atomic E-state index is 0.180. The first-order valence-electron chi connectivity index (χ1n) is 12.0. The van der Waals surface area contributed by atoms with Crippen molar-refractivity contribution in [2.75, 3.05) is 6.79 Å². The summed E-state index contributed by atoms with van der Waals surface area (Å²) in [7, 11) is 0. The Labute approximate surface area is 206 Å². The van der Waals surface area contributed by atoms with Crippen LogP contribution in [0.4, 0.5) is 0 Å². The van der Waals surface area contributed by atoms with Gasteiger partial charge in [0.15, 0.2) is 11.5 Å². The highest BCUT2D eigenvalue weighted by atomic mass is 16.7. The SMILES string of the molecule is O=C(NCc1ccc2c(c1)OCO2)c1ccc2c(c1)c(=O)n(Cc1ccccc1)c(=O)n2CC1CC1. The highest BCUT2D eigenvalue weighted by Crippen LogP contribution is 2.32. The van der Waals surface area contributed by atoms with Crippen LogP contribution in [0.3, 0.4) is 0 Å². The van der Waals surface area contributed by atoms with Crippen molar-refractivity contribution in [2.24, 2.45) is 5.92 Å². The van der Waals surface area contributed by atoms with Gasteiger partial charge in [0.05, 0.1) is 17.4 Å². The van der Waals surface area contributed by atoms with E-state index in [1.54, 1.807) is 22.8 Å². The number of carbonyl (C=O) groups excluding carboxylic acids is 1. The summed E-state index contributed by atoms with van der Waals surface area (Å²) in [5.41, 5.74) is 1.96. The second-order valence-electron chi connectivity index (χ2n) is 9.32. The number of benzene rings is 3. The zero-order valence-electron chi connectivity index (χ0n) is 19.6. The van der Waals surface area contributed by atoms with E-state index in [-0.39, 0.29) is 24.9 Å². The van der Waals surface area contributed by atoms with Crippen molar-refractivity contribution in [1.82, 2.24) is 14.5 Å². The average molecular weight is 484 g/mol. The lowest BCUT2D eigenvalue weighted by Crippen LogP contribution is -2.40. The van der Waals surface area contributed by atoms with E-state index >= 15 is 0 Å². The molecule has 0 unspecified atom stereocenters. The van der Waals surface area contributed by atoms with Crippen LogP contribution in [0.1, 0.15) is 34.3 Å². The van der Waals surface area contributed by atoms with E-state index < -0.39 is 5.56 Å². The van der Waals surface area contributed by atoms with E-state index in [9.17, 15) is 14.4 Å². The number of fused-ring (bicyclic) bond motifs is 2. The Morgan fingerprint density at radius 1 is 0.889 bits per heavy atom. The van der Waals surface area contributed by atoms with Crippen molar-refractivity contribution in [3.63, 3.8) is 0 Å². The van der Waals surface area contributed by atoms with Gasteiger partial charge in [-0.1, -0.05) is 36.4 Å². The van der Waals surface area contributed by atoms with E-state index in [1.807, 2.05) is 48.5 Å². The minimum Gasteiger partial charge on any atom is -0.454 e. The van der Waals surface area contributed by atoms with Gasteiger partial charge >= 0.3 is 5.69 Å². The topological polar surface area (TPSA) is 91.6 Å². The zero-order valence-corrected chi connectivity index (χ0v) is 19.6. The molecular weight excluding hydrogens is 458 g/mol. The summed E-state index contributed by atoms with van der Waals surface area (Å²) in [5, 5.41) is 3.26. The van der Waals surface area contributed by atoms with Gasteiger partial charge in [0.2, 0.25) is 6.79 Å². The number of nitrogens with one attached hydrogen (secondary N) is 1. The van der Waals surface area contributed by atoms with Crippen LogP contribution in [0, 0.1) is 5.92 Å². The van der Waals surface area contributed by atoms with Crippen LogP contribution in [-0.4, -0.2) is 21.8 Å². The minimum atomic E-state index is -0.392. The lowest BCUT2D eigenvalue weighted by molar-refractivity contribution is 0.0951. The molecule has 0 spiro atoms. The molecule has 0 saturated heterocycles. The smallest absolute Gasteiger partial charge is 0.331 e. The fourth-order valence-corrected chi connectivity index (χ4v) is 4.54. The van der Waals surface area contributed by atoms with Crippen LogP contribution < -0.4 is 26.0 Å². The maximum Gasteiger partial charge on any atom is 0.331 e. The summed E-state index contributed by atoms with van der Waals surface area (Å²) in [4.78, 5) is 39.8. The molecule has 0 atom stereocenters. The standard InChI is InChI=1S/C28H25N3O5/c32-26(29-14-20-8-11-24-25(12-20)36-17-35-24)21-9-10-23-22(13-21)27(33)31(16-18-4-2-1-3-5-18)28(34)30(23)15-19-6-7-19/h1-5,8-13,19H,6-7,14-17H2,(H,29,32). The third-order valence-corrected chi connectivity index (χ3v) is 6.70. The molecule has 2 aliphatic rings. The van der Waals surface area contributed by atoms with Crippen LogP contribution in [0.2, 0.25) is 0 Å². The predicted molar refractivity (Wildman–Crippen MR) is 134 cm³/mol. The van der Waals surface area contributed by atoms with Crippen molar-refractivity contribution in [2.45, 2.75) is 32.5 Å². The third-order valence-electron chi connectivity index (χ3n) is 6.70. The van der Waals surface area contributed by atoms with Crippen LogP contribution in [0.25, 0.3) is 10.9 Å². The lowest BCUT2D eigenvalue weighted by Gasteiger charge is -2.15. The predicted octanol–water partition coefficient (Wildman–Crippen LogP) is 3.28. The molecule has 36 heavy (non-hydrogen) atoms. The molecule has 1 fully saturated rings. The van der Waals surface area contributed by atoms with E-state index in [2.05, 4.69) is 5.32 Å². The fourth-order valence-electron chi connectivity index (χ4n) is 4.54. The number of nitrogens with zero attached hydrogens (tertiary/aromatic N) is 2. The molecule has 4 aromatic rings. The first-order valence-corrected chi connectivity index (χ1v) is 12.0. The highest BCUT2D eigenvalue weighted by Gasteiger charge is 2.25. The van der Waals surface area contributed by atoms with Crippen molar-refractivity contribution < 1.29 is 14.3 Å². The van der Waals surface area contributed by atoms with Gasteiger partial charge in [0, 0.05) is 18.7 Å². The van der Waals surface area contributed by atoms with Crippen molar-refractivity contribution in [3.05, 3.63) is 104 Å². The Balaban J connectivity index is 1.33. The second-order valence-corrected chi connectivity index (χ2v) is 9.32. The molecule has 3 aromatic carbocycles. The summed E-state index contributed by atoms with van der Waals surface area (Å²) in [6.45, 7) is 1.24. The maximum atomic E-state index is 13.5. The number of hydrogen-bond acceptors (Lipinski definition) is 5. The first kappa shape index (κ1) is 22.2. The third kappa shape index (κ3) is 4.26. The number of rotatable bonds is 7. The molecular formula is C28H25N3O5. The quantitative estimate of drug-likeness (QED) is 0.436. The molecule has 2 heterocycles. The van der Waals surface area contributed by atoms with Gasteiger partial charge in [-0.3, -0.25) is 18.7 Å². The van der Waals surface area contributed by atoms with Crippen molar-refractivity contribution in [3.8, 4) is 11.5 Å². The van der Waals surface area contributed by atoms with Crippen LogP contribution in [-0.2, 0) is 19.6 Å². The van der Waals surface area contributed by atoms with E-state index in [0.717, 1.165) is 24.0 Å². The molecule has 1 aliphatic carbocycles. The van der Waals surface area contributed by atoms with Gasteiger partial charge in [-0.2, -0.15) is 0 Å². The van der Waals surface area contributed by atoms with Gasteiger partial charge in [-0.05, 0) is 60.2 Å². The summed E-state index contributed by atoms with van der Waals surface area (Å²) in [5.74, 6) is 1.48. The number of carbonyl (C=O) groups is 1. The lowest BCUT2D eigenvalue weighted by atomic mass is 10.1. The summed E-state index contributed by atoms with van der Waals surface area (Å²) < 4.78 is 13.7. The van der Waals surface area contributed by atoms with Crippen LogP contribution in [0.15, 0.2) is 76.3 Å². The van der Waals surface area contributed by atoms with Gasteiger partial charge in [-0.25, -0.2) is 4.79 Å². The molecule has 0 bridgehead atoms. The Morgan fingerprint density at radius 2 is 1.69 bits per heavy atom.